The van der Waals surface area contributed by atoms with Crippen molar-refractivity contribution in [3.63, 3.8) is 0 Å². The lowest BCUT2D eigenvalue weighted by atomic mass is 9.91. The number of rotatable bonds is 10. The first kappa shape index (κ1) is 19.7. The van der Waals surface area contributed by atoms with Crippen molar-refractivity contribution >= 4 is 0 Å². The second-order valence-electron chi connectivity index (χ2n) is 6.00. The van der Waals surface area contributed by atoms with Gasteiger partial charge in [-0.05, 0) is 25.7 Å². The Bertz CT molecular complexity index is 259. The molecule has 0 fully saturated rings. The van der Waals surface area contributed by atoms with Crippen molar-refractivity contribution < 1.29 is 17.9 Å². The number of hydrogen-bond donors (Lipinski definition) is 1. The Balaban J connectivity index is 4.64. The van der Waals surface area contributed by atoms with Crippen LogP contribution in [0.5, 0.6) is 0 Å². The molecule has 0 aliphatic heterocycles. The van der Waals surface area contributed by atoms with E-state index in [2.05, 4.69) is 18.7 Å². The Morgan fingerprint density at radius 1 is 1.20 bits per heavy atom. The summed E-state index contributed by atoms with van der Waals surface area (Å²) in [5, 5.41) is 0. The van der Waals surface area contributed by atoms with Crippen molar-refractivity contribution in [2.24, 2.45) is 11.7 Å². The maximum Gasteiger partial charge on any atom is 0.389 e. The normalized spacial score (nSPS) is 15.9. The fourth-order valence-electron chi connectivity index (χ4n) is 2.28. The van der Waals surface area contributed by atoms with E-state index >= 15 is 0 Å². The van der Waals surface area contributed by atoms with E-state index < -0.39 is 18.1 Å². The molecular formula is C14H29F3N2O. The van der Waals surface area contributed by atoms with E-state index in [9.17, 15) is 13.2 Å². The van der Waals surface area contributed by atoms with Gasteiger partial charge in [-0.3, -0.25) is 4.90 Å². The molecular weight excluding hydrogens is 269 g/mol. The summed E-state index contributed by atoms with van der Waals surface area (Å²) >= 11 is 0. The van der Waals surface area contributed by atoms with Crippen LogP contribution in [0.1, 0.15) is 40.0 Å². The van der Waals surface area contributed by atoms with Gasteiger partial charge in [0.15, 0.2) is 0 Å². The van der Waals surface area contributed by atoms with Gasteiger partial charge in [-0.2, -0.15) is 13.2 Å². The monoisotopic (exact) mass is 298 g/mol. The van der Waals surface area contributed by atoms with E-state index in [1.165, 1.54) is 0 Å². The molecule has 0 radical (unpaired) electrons. The molecule has 2 N–H and O–H groups in total. The fraction of sp³-hybridized carbons (Fsp3) is 1.00. The van der Waals surface area contributed by atoms with Gasteiger partial charge in [0.1, 0.15) is 0 Å². The molecule has 0 aromatic carbocycles. The highest BCUT2D eigenvalue weighted by molar-refractivity contribution is 4.88. The maximum atomic E-state index is 12.3. The van der Waals surface area contributed by atoms with E-state index in [0.717, 1.165) is 6.54 Å². The summed E-state index contributed by atoms with van der Waals surface area (Å²) in [4.78, 5) is 2.16. The average molecular weight is 298 g/mol. The Hall–Kier alpha value is -0.330. The number of alkyl halides is 3. The zero-order valence-corrected chi connectivity index (χ0v) is 13.1. The number of hydrogen-bond acceptors (Lipinski definition) is 3. The lowest BCUT2D eigenvalue weighted by molar-refractivity contribution is -0.137. The molecule has 0 saturated heterocycles. The summed E-state index contributed by atoms with van der Waals surface area (Å²) < 4.78 is 41.9. The lowest BCUT2D eigenvalue weighted by Crippen LogP contribution is -2.54. The summed E-state index contributed by atoms with van der Waals surface area (Å²) in [6.07, 6.45) is -4.29. The lowest BCUT2D eigenvalue weighted by Gasteiger charge is -2.42. The van der Waals surface area contributed by atoms with E-state index in [1.807, 2.05) is 6.92 Å². The van der Waals surface area contributed by atoms with Gasteiger partial charge in [-0.25, -0.2) is 0 Å². The van der Waals surface area contributed by atoms with E-state index in [-0.39, 0.29) is 6.42 Å². The first-order chi connectivity index (χ1) is 9.14. The highest BCUT2D eigenvalue weighted by atomic mass is 19.4. The third-order valence-electron chi connectivity index (χ3n) is 3.53. The summed E-state index contributed by atoms with van der Waals surface area (Å²) in [7, 11) is 1.62. The Kier molecular flexibility index (Phi) is 8.70. The first-order valence-electron chi connectivity index (χ1n) is 7.15. The van der Waals surface area contributed by atoms with Crippen LogP contribution in [-0.4, -0.2) is 50.0 Å². The second kappa shape index (κ2) is 8.85. The van der Waals surface area contributed by atoms with Gasteiger partial charge < -0.3 is 10.5 Å². The average Bonchev–Trinajstić information content (AvgIpc) is 2.32. The van der Waals surface area contributed by atoms with E-state index in [0.29, 0.717) is 32.0 Å². The molecule has 0 aliphatic rings. The van der Waals surface area contributed by atoms with Crippen molar-refractivity contribution in [3.05, 3.63) is 0 Å². The van der Waals surface area contributed by atoms with Crippen LogP contribution in [0.25, 0.3) is 0 Å². The van der Waals surface area contributed by atoms with Gasteiger partial charge in [-0.1, -0.05) is 13.8 Å². The number of methoxy groups -OCH3 is 1. The van der Waals surface area contributed by atoms with Gasteiger partial charge >= 0.3 is 6.18 Å². The van der Waals surface area contributed by atoms with Gasteiger partial charge in [0.2, 0.25) is 0 Å². The van der Waals surface area contributed by atoms with Crippen LogP contribution >= 0.6 is 0 Å². The SMILES string of the molecule is COCCN(CC(C)C)C(C)(CN)CCCC(F)(F)F. The quantitative estimate of drug-likeness (QED) is 0.674. The molecule has 0 aliphatic carbocycles. The van der Waals surface area contributed by atoms with Gasteiger partial charge in [0.25, 0.3) is 0 Å². The van der Waals surface area contributed by atoms with Gasteiger partial charge in [-0.15, -0.1) is 0 Å². The Labute approximate surface area is 120 Å². The predicted octanol–water partition coefficient (Wildman–Crippen LogP) is 3.04. The highest BCUT2D eigenvalue weighted by Gasteiger charge is 2.33. The van der Waals surface area contributed by atoms with Crippen LogP contribution in [-0.2, 0) is 4.74 Å². The molecule has 1 unspecified atom stereocenters. The minimum Gasteiger partial charge on any atom is -0.383 e. The van der Waals surface area contributed by atoms with Crippen LogP contribution in [0.15, 0.2) is 0 Å². The zero-order chi connectivity index (χ0) is 15.8. The molecule has 6 heteroatoms. The number of nitrogens with two attached hydrogens (primary N) is 1. The Morgan fingerprint density at radius 3 is 2.20 bits per heavy atom. The summed E-state index contributed by atoms with van der Waals surface area (Å²) in [5.41, 5.74) is 5.43. The molecule has 0 bridgehead atoms. The smallest absolute Gasteiger partial charge is 0.383 e. The van der Waals surface area contributed by atoms with Crippen molar-refractivity contribution in [2.45, 2.75) is 51.7 Å². The van der Waals surface area contributed by atoms with Crippen LogP contribution in [0.4, 0.5) is 13.2 Å². The highest BCUT2D eigenvalue weighted by Crippen LogP contribution is 2.27. The minimum atomic E-state index is -4.09. The summed E-state index contributed by atoms with van der Waals surface area (Å²) in [6.45, 7) is 8.53. The molecule has 0 spiro atoms. The molecule has 1 atom stereocenters. The number of ether oxygens (including phenoxy) is 1. The third-order valence-corrected chi connectivity index (χ3v) is 3.53. The minimum absolute atomic E-state index is 0.110. The van der Waals surface area contributed by atoms with Crippen molar-refractivity contribution in [3.8, 4) is 0 Å². The molecule has 0 amide bonds. The molecule has 0 aromatic heterocycles. The Morgan fingerprint density at radius 2 is 1.80 bits per heavy atom. The standard InChI is InChI=1S/C14H29F3N2O/c1-12(2)10-19(8-9-20-4)13(3,11-18)6-5-7-14(15,16)17/h12H,5-11,18H2,1-4H3. The summed E-state index contributed by atoms with van der Waals surface area (Å²) in [6, 6.07) is 0. The van der Waals surface area contributed by atoms with Crippen LogP contribution in [0.3, 0.4) is 0 Å². The zero-order valence-electron chi connectivity index (χ0n) is 13.1. The largest absolute Gasteiger partial charge is 0.389 e. The first-order valence-corrected chi connectivity index (χ1v) is 7.15. The van der Waals surface area contributed by atoms with Crippen molar-refractivity contribution in [1.29, 1.82) is 0 Å². The van der Waals surface area contributed by atoms with Gasteiger partial charge in [0, 0.05) is 38.7 Å². The summed E-state index contributed by atoms with van der Waals surface area (Å²) in [5.74, 6) is 0.431. The van der Waals surface area contributed by atoms with Crippen molar-refractivity contribution in [1.82, 2.24) is 4.90 Å². The third kappa shape index (κ3) is 8.07. The van der Waals surface area contributed by atoms with E-state index in [4.69, 9.17) is 10.5 Å². The van der Waals surface area contributed by atoms with Crippen molar-refractivity contribution in [2.75, 3.05) is 33.4 Å². The molecule has 20 heavy (non-hydrogen) atoms. The number of halogens is 3. The van der Waals surface area contributed by atoms with Gasteiger partial charge in [0.05, 0.1) is 6.61 Å². The molecule has 122 valence electrons. The topological polar surface area (TPSA) is 38.5 Å². The van der Waals surface area contributed by atoms with E-state index in [1.54, 1.807) is 7.11 Å². The van der Waals surface area contributed by atoms with Crippen LogP contribution < -0.4 is 5.73 Å². The van der Waals surface area contributed by atoms with Crippen LogP contribution in [0, 0.1) is 5.92 Å². The molecule has 0 aromatic rings. The maximum absolute atomic E-state index is 12.3. The van der Waals surface area contributed by atoms with Crippen LogP contribution in [0.2, 0.25) is 0 Å². The molecule has 0 heterocycles. The molecule has 0 rings (SSSR count). The predicted molar refractivity (Wildman–Crippen MR) is 75.7 cm³/mol. The molecule has 0 saturated carbocycles. The second-order valence-corrected chi connectivity index (χ2v) is 6.00. The number of nitrogens with zero attached hydrogens (tertiary/aromatic N) is 1. The molecule has 3 nitrogen and oxygen atoms in total. The fourth-order valence-corrected chi connectivity index (χ4v) is 2.28.